The van der Waals surface area contributed by atoms with Gasteiger partial charge in [-0.3, -0.25) is 14.2 Å². The van der Waals surface area contributed by atoms with Crippen molar-refractivity contribution in [3.8, 4) is 0 Å². The highest BCUT2D eigenvalue weighted by molar-refractivity contribution is 6.31. The van der Waals surface area contributed by atoms with Gasteiger partial charge < -0.3 is 14.5 Å². The second kappa shape index (κ2) is 8.09. The standard InChI is InChI=1S/C19H17ClN2O5/c1-12-6-7-13(20)10-14(12)21-17(23)11-26-18(24)8-9-22-15-4-2-3-5-16(15)27-19(22)25/h2-7,10H,8-9,11H2,1H3,(H,21,23). The van der Waals surface area contributed by atoms with E-state index in [1.165, 1.54) is 4.57 Å². The first-order chi connectivity index (χ1) is 12.9. The van der Waals surface area contributed by atoms with Crippen LogP contribution in [0.4, 0.5) is 5.69 Å². The van der Waals surface area contributed by atoms with Gasteiger partial charge in [0.05, 0.1) is 11.9 Å². The maximum Gasteiger partial charge on any atom is 0.419 e. The smallest absolute Gasteiger partial charge is 0.419 e. The lowest BCUT2D eigenvalue weighted by Crippen LogP contribution is -2.23. The number of halogens is 1. The summed E-state index contributed by atoms with van der Waals surface area (Å²) in [6.07, 6.45) is -0.0626. The minimum Gasteiger partial charge on any atom is -0.456 e. The molecule has 2 aromatic carbocycles. The zero-order valence-corrected chi connectivity index (χ0v) is 15.3. The Morgan fingerprint density at radius 3 is 2.81 bits per heavy atom. The van der Waals surface area contributed by atoms with Gasteiger partial charge in [0, 0.05) is 17.3 Å². The number of aromatic nitrogens is 1. The zero-order valence-electron chi connectivity index (χ0n) is 14.5. The van der Waals surface area contributed by atoms with E-state index >= 15 is 0 Å². The molecule has 0 fully saturated rings. The third-order valence-electron chi connectivity index (χ3n) is 3.95. The lowest BCUT2D eigenvalue weighted by Gasteiger charge is -2.09. The SMILES string of the molecule is Cc1ccc(Cl)cc1NC(=O)COC(=O)CCn1c(=O)oc2ccccc21. The molecule has 0 aliphatic rings. The average Bonchev–Trinajstić information content (AvgIpc) is 2.96. The van der Waals surface area contributed by atoms with Crippen molar-refractivity contribution in [2.24, 2.45) is 0 Å². The number of hydrogen-bond acceptors (Lipinski definition) is 5. The summed E-state index contributed by atoms with van der Waals surface area (Å²) in [5, 5.41) is 3.13. The second-order valence-electron chi connectivity index (χ2n) is 5.91. The number of carbonyl (C=O) groups is 2. The number of para-hydroxylation sites is 2. The van der Waals surface area contributed by atoms with Gasteiger partial charge in [-0.05, 0) is 36.8 Å². The lowest BCUT2D eigenvalue weighted by atomic mass is 10.2. The van der Waals surface area contributed by atoms with E-state index in [1.54, 1.807) is 42.5 Å². The molecule has 0 aliphatic carbocycles. The molecule has 0 spiro atoms. The van der Waals surface area contributed by atoms with E-state index < -0.39 is 24.2 Å². The molecule has 1 N–H and O–H groups in total. The first-order valence-electron chi connectivity index (χ1n) is 8.24. The summed E-state index contributed by atoms with van der Waals surface area (Å²) in [5.41, 5.74) is 2.45. The number of amides is 1. The fourth-order valence-electron chi connectivity index (χ4n) is 2.56. The van der Waals surface area contributed by atoms with Gasteiger partial charge in [-0.15, -0.1) is 0 Å². The van der Waals surface area contributed by atoms with Gasteiger partial charge in [-0.25, -0.2) is 4.79 Å². The number of nitrogens with zero attached hydrogens (tertiary/aromatic N) is 1. The molecule has 0 bridgehead atoms. The summed E-state index contributed by atoms with van der Waals surface area (Å²) in [5.74, 6) is -1.61. The third-order valence-corrected chi connectivity index (χ3v) is 4.19. The summed E-state index contributed by atoms with van der Waals surface area (Å²) in [6, 6.07) is 12.0. The predicted molar refractivity (Wildman–Crippen MR) is 101 cm³/mol. The normalized spacial score (nSPS) is 10.7. The number of hydrogen-bond donors (Lipinski definition) is 1. The van der Waals surface area contributed by atoms with Gasteiger partial charge in [0.2, 0.25) is 0 Å². The molecule has 0 saturated carbocycles. The van der Waals surface area contributed by atoms with Gasteiger partial charge in [0.1, 0.15) is 0 Å². The molecule has 0 saturated heterocycles. The summed E-state index contributed by atoms with van der Waals surface area (Å²) < 4.78 is 11.4. The number of fused-ring (bicyclic) bond motifs is 1. The van der Waals surface area contributed by atoms with Crippen molar-refractivity contribution in [1.82, 2.24) is 4.57 Å². The molecule has 3 rings (SSSR count). The highest BCUT2D eigenvalue weighted by Crippen LogP contribution is 2.20. The highest BCUT2D eigenvalue weighted by atomic mass is 35.5. The van der Waals surface area contributed by atoms with E-state index in [9.17, 15) is 14.4 Å². The molecule has 0 radical (unpaired) electrons. The average molecular weight is 389 g/mol. The second-order valence-corrected chi connectivity index (χ2v) is 6.34. The number of rotatable bonds is 6. The number of ether oxygens (including phenoxy) is 1. The van der Waals surface area contributed by atoms with Crippen molar-refractivity contribution in [1.29, 1.82) is 0 Å². The quantitative estimate of drug-likeness (QED) is 0.655. The van der Waals surface area contributed by atoms with E-state index in [1.807, 2.05) is 6.92 Å². The molecule has 0 unspecified atom stereocenters. The van der Waals surface area contributed by atoms with Crippen molar-refractivity contribution < 1.29 is 18.7 Å². The molecule has 1 amide bonds. The maximum atomic E-state index is 11.9. The Morgan fingerprint density at radius 2 is 2.00 bits per heavy atom. The van der Waals surface area contributed by atoms with E-state index in [2.05, 4.69) is 5.32 Å². The van der Waals surface area contributed by atoms with Gasteiger partial charge in [-0.2, -0.15) is 0 Å². The molecule has 3 aromatic rings. The van der Waals surface area contributed by atoms with Crippen LogP contribution >= 0.6 is 11.6 Å². The van der Waals surface area contributed by atoms with Crippen molar-refractivity contribution in [3.63, 3.8) is 0 Å². The van der Waals surface area contributed by atoms with E-state index in [4.69, 9.17) is 20.8 Å². The van der Waals surface area contributed by atoms with E-state index in [-0.39, 0.29) is 13.0 Å². The molecule has 0 aliphatic heterocycles. The van der Waals surface area contributed by atoms with Gasteiger partial charge in [0.25, 0.3) is 5.91 Å². The van der Waals surface area contributed by atoms with E-state index in [0.29, 0.717) is 21.8 Å². The minimum absolute atomic E-state index is 0.0626. The zero-order chi connectivity index (χ0) is 19.4. The van der Waals surface area contributed by atoms with Crippen LogP contribution in [0.5, 0.6) is 0 Å². The van der Waals surface area contributed by atoms with Gasteiger partial charge in [0.15, 0.2) is 12.2 Å². The van der Waals surface area contributed by atoms with Crippen LogP contribution in [0.25, 0.3) is 11.1 Å². The van der Waals surface area contributed by atoms with Crippen LogP contribution in [0.1, 0.15) is 12.0 Å². The maximum absolute atomic E-state index is 11.9. The molecule has 0 atom stereocenters. The first-order valence-corrected chi connectivity index (χ1v) is 8.62. The van der Waals surface area contributed by atoms with Crippen molar-refractivity contribution in [3.05, 3.63) is 63.6 Å². The largest absolute Gasteiger partial charge is 0.456 e. The molecule has 1 heterocycles. The van der Waals surface area contributed by atoms with Crippen LogP contribution in [-0.4, -0.2) is 23.1 Å². The number of esters is 1. The van der Waals surface area contributed by atoms with Crippen LogP contribution in [0.15, 0.2) is 51.7 Å². The molecular formula is C19H17ClN2O5. The molecule has 7 nitrogen and oxygen atoms in total. The lowest BCUT2D eigenvalue weighted by molar-refractivity contribution is -0.147. The number of oxazole rings is 1. The Bertz CT molecular complexity index is 1050. The summed E-state index contributed by atoms with van der Waals surface area (Å²) in [4.78, 5) is 35.7. The monoisotopic (exact) mass is 388 g/mol. The summed E-state index contributed by atoms with van der Waals surface area (Å²) in [7, 11) is 0. The number of benzene rings is 2. The Morgan fingerprint density at radius 1 is 1.22 bits per heavy atom. The van der Waals surface area contributed by atoms with Crippen LogP contribution in [-0.2, 0) is 20.9 Å². The Labute approximate surface area is 159 Å². The molecule has 8 heteroatoms. The third kappa shape index (κ3) is 4.57. The fourth-order valence-corrected chi connectivity index (χ4v) is 2.73. The summed E-state index contributed by atoms with van der Waals surface area (Å²) in [6.45, 7) is 1.50. The molecule has 27 heavy (non-hydrogen) atoms. The fraction of sp³-hybridized carbons (Fsp3) is 0.211. The van der Waals surface area contributed by atoms with Crippen LogP contribution < -0.4 is 11.1 Å². The Balaban J connectivity index is 1.52. The number of carbonyl (C=O) groups excluding carboxylic acids is 2. The predicted octanol–water partition coefficient (Wildman–Crippen LogP) is 3.13. The number of aryl methyl sites for hydroxylation is 2. The first kappa shape index (κ1) is 18.7. The molecular weight excluding hydrogens is 372 g/mol. The van der Waals surface area contributed by atoms with Gasteiger partial charge >= 0.3 is 11.7 Å². The molecule has 140 valence electrons. The van der Waals surface area contributed by atoms with Crippen molar-refractivity contribution in [2.75, 3.05) is 11.9 Å². The van der Waals surface area contributed by atoms with Crippen LogP contribution in [0, 0.1) is 6.92 Å². The Kier molecular flexibility index (Phi) is 5.61. The number of anilines is 1. The number of nitrogens with one attached hydrogen (secondary N) is 1. The topological polar surface area (TPSA) is 90.5 Å². The Hall–Kier alpha value is -3.06. The summed E-state index contributed by atoms with van der Waals surface area (Å²) >= 11 is 5.90. The minimum atomic E-state index is -0.592. The highest BCUT2D eigenvalue weighted by Gasteiger charge is 2.13. The molecule has 1 aromatic heterocycles. The van der Waals surface area contributed by atoms with Crippen LogP contribution in [0.2, 0.25) is 5.02 Å². The van der Waals surface area contributed by atoms with E-state index in [0.717, 1.165) is 5.56 Å². The van der Waals surface area contributed by atoms with Gasteiger partial charge in [-0.1, -0.05) is 29.8 Å². The van der Waals surface area contributed by atoms with Crippen molar-refractivity contribution in [2.45, 2.75) is 19.9 Å². The van der Waals surface area contributed by atoms with Crippen LogP contribution in [0.3, 0.4) is 0 Å². The van der Waals surface area contributed by atoms with Crippen molar-refractivity contribution >= 4 is 40.3 Å².